The molecule has 0 aromatic heterocycles. The van der Waals surface area contributed by atoms with Gasteiger partial charge in [0.05, 0.1) is 0 Å². The molecule has 168 valence electrons. The maximum atomic E-state index is 13.8. The molecule has 1 aliphatic carbocycles. The predicted octanol–water partition coefficient (Wildman–Crippen LogP) is 6.15. The smallest absolute Gasteiger partial charge is 0.410 e. The molecule has 30 heavy (non-hydrogen) atoms. The van der Waals surface area contributed by atoms with Crippen molar-refractivity contribution < 1.29 is 18.3 Å². The summed E-state index contributed by atoms with van der Waals surface area (Å²) in [5.74, 6) is -2.70. The second kappa shape index (κ2) is 8.62. The molecule has 1 aromatic carbocycles. The van der Waals surface area contributed by atoms with E-state index in [2.05, 4.69) is 11.8 Å². The van der Waals surface area contributed by atoms with Crippen LogP contribution in [-0.4, -0.2) is 52.6 Å². The van der Waals surface area contributed by atoms with Gasteiger partial charge >= 0.3 is 6.09 Å². The van der Waals surface area contributed by atoms with Gasteiger partial charge in [-0.2, -0.15) is 0 Å². The highest BCUT2D eigenvalue weighted by molar-refractivity contribution is 6.30. The minimum atomic E-state index is -2.58. The highest BCUT2D eigenvalue weighted by Gasteiger charge is 2.52. The Balaban J connectivity index is 1.85. The Hall–Kier alpha value is -1.40. The molecule has 1 aromatic rings. The first kappa shape index (κ1) is 23.3. The minimum Gasteiger partial charge on any atom is -0.444 e. The molecule has 0 N–H and O–H groups in total. The van der Waals surface area contributed by atoms with Crippen LogP contribution in [0.2, 0.25) is 5.02 Å². The Morgan fingerprint density at radius 3 is 2.33 bits per heavy atom. The van der Waals surface area contributed by atoms with Crippen molar-refractivity contribution in [3.05, 3.63) is 34.9 Å². The summed E-state index contributed by atoms with van der Waals surface area (Å²) in [6.45, 7) is 10.8. The fourth-order valence-electron chi connectivity index (χ4n) is 4.67. The number of hydrogen-bond donors (Lipinski definition) is 0. The van der Waals surface area contributed by atoms with E-state index < -0.39 is 11.5 Å². The Morgan fingerprint density at radius 2 is 1.83 bits per heavy atom. The molecule has 1 amide bonds. The van der Waals surface area contributed by atoms with E-state index in [0.29, 0.717) is 18.1 Å². The van der Waals surface area contributed by atoms with Crippen LogP contribution in [0, 0.1) is 5.92 Å². The van der Waals surface area contributed by atoms with Gasteiger partial charge in [-0.25, -0.2) is 13.6 Å². The van der Waals surface area contributed by atoms with Gasteiger partial charge in [0, 0.05) is 49.1 Å². The lowest BCUT2D eigenvalue weighted by Crippen LogP contribution is -2.61. The molecule has 1 unspecified atom stereocenters. The molecule has 0 spiro atoms. The number of carbonyl (C=O) groups excluding carboxylic acids is 1. The van der Waals surface area contributed by atoms with Crippen molar-refractivity contribution in [3.63, 3.8) is 0 Å². The standard InChI is InChI=1S/C23H33ClF2N2O2/c1-6-19-14-27(21(29)30-22(3,4)5)15(2)13-28(19)20(17-11-23(25,26)12-17)16-7-9-18(24)10-8-16/h7-10,15,17,19-20H,6,11-14H2,1-5H3/t15-,19+,20?/m0/s1. The average molecular weight is 443 g/mol. The molecule has 1 aliphatic heterocycles. The summed E-state index contributed by atoms with van der Waals surface area (Å²) < 4.78 is 33.1. The van der Waals surface area contributed by atoms with E-state index in [1.54, 1.807) is 4.90 Å². The van der Waals surface area contributed by atoms with Gasteiger partial charge in [-0.15, -0.1) is 0 Å². The van der Waals surface area contributed by atoms with Gasteiger partial charge in [0.1, 0.15) is 5.60 Å². The molecule has 3 atom stereocenters. The van der Waals surface area contributed by atoms with Crippen LogP contribution in [0.3, 0.4) is 0 Å². The largest absolute Gasteiger partial charge is 0.444 e. The van der Waals surface area contributed by atoms with E-state index in [4.69, 9.17) is 16.3 Å². The molecule has 2 fully saturated rings. The highest BCUT2D eigenvalue weighted by Crippen LogP contribution is 2.51. The molecule has 1 saturated carbocycles. The van der Waals surface area contributed by atoms with Gasteiger partial charge in [0.25, 0.3) is 0 Å². The van der Waals surface area contributed by atoms with Crippen molar-refractivity contribution >= 4 is 17.7 Å². The summed E-state index contributed by atoms with van der Waals surface area (Å²) in [5.41, 5.74) is 0.454. The first-order valence-electron chi connectivity index (χ1n) is 10.8. The minimum absolute atomic E-state index is 0.0713. The van der Waals surface area contributed by atoms with Gasteiger partial charge in [-0.1, -0.05) is 30.7 Å². The first-order valence-corrected chi connectivity index (χ1v) is 11.2. The van der Waals surface area contributed by atoms with Crippen molar-refractivity contribution in [2.75, 3.05) is 13.1 Å². The van der Waals surface area contributed by atoms with Crippen molar-refractivity contribution in [2.24, 2.45) is 5.92 Å². The number of carbonyl (C=O) groups is 1. The van der Waals surface area contributed by atoms with E-state index in [-0.39, 0.29) is 43.0 Å². The number of nitrogens with zero attached hydrogens (tertiary/aromatic N) is 2. The topological polar surface area (TPSA) is 32.8 Å². The van der Waals surface area contributed by atoms with Crippen LogP contribution in [-0.2, 0) is 4.74 Å². The Morgan fingerprint density at radius 1 is 1.23 bits per heavy atom. The second-order valence-electron chi connectivity index (χ2n) is 9.76. The summed E-state index contributed by atoms with van der Waals surface area (Å²) >= 11 is 6.07. The molecule has 3 rings (SSSR count). The van der Waals surface area contributed by atoms with Crippen molar-refractivity contribution in [1.82, 2.24) is 9.80 Å². The van der Waals surface area contributed by atoms with Crippen molar-refractivity contribution in [2.45, 2.75) is 83.5 Å². The summed E-state index contributed by atoms with van der Waals surface area (Å²) in [7, 11) is 0. The van der Waals surface area contributed by atoms with E-state index in [9.17, 15) is 13.6 Å². The number of hydrogen-bond acceptors (Lipinski definition) is 3. The first-order chi connectivity index (χ1) is 13.9. The zero-order valence-corrected chi connectivity index (χ0v) is 19.3. The third-order valence-electron chi connectivity index (χ3n) is 6.12. The summed E-state index contributed by atoms with van der Waals surface area (Å²) in [6.07, 6.45) is 0.305. The van der Waals surface area contributed by atoms with Gasteiger partial charge in [-0.3, -0.25) is 4.90 Å². The molecule has 7 heteroatoms. The van der Waals surface area contributed by atoms with Crippen LogP contribution in [0.15, 0.2) is 24.3 Å². The van der Waals surface area contributed by atoms with Crippen LogP contribution < -0.4 is 0 Å². The maximum Gasteiger partial charge on any atom is 0.410 e. The van der Waals surface area contributed by atoms with E-state index in [1.165, 1.54) is 0 Å². The summed E-state index contributed by atoms with van der Waals surface area (Å²) in [6, 6.07) is 7.42. The number of ether oxygens (including phenoxy) is 1. The quantitative estimate of drug-likeness (QED) is 0.560. The Labute approximate surface area is 183 Å². The Bertz CT molecular complexity index is 743. The fourth-order valence-corrected chi connectivity index (χ4v) is 4.79. The van der Waals surface area contributed by atoms with Crippen molar-refractivity contribution in [3.8, 4) is 0 Å². The zero-order chi connectivity index (χ0) is 22.3. The van der Waals surface area contributed by atoms with Crippen LogP contribution in [0.5, 0.6) is 0 Å². The average Bonchev–Trinajstić information content (AvgIpc) is 2.60. The highest BCUT2D eigenvalue weighted by atomic mass is 35.5. The molecular weight excluding hydrogens is 410 g/mol. The monoisotopic (exact) mass is 442 g/mol. The van der Waals surface area contributed by atoms with Gasteiger partial charge in [-0.05, 0) is 57.7 Å². The lowest BCUT2D eigenvalue weighted by Gasteiger charge is -2.52. The number of piperazine rings is 1. The third-order valence-corrected chi connectivity index (χ3v) is 6.37. The molecule has 0 bridgehead atoms. The predicted molar refractivity (Wildman–Crippen MR) is 115 cm³/mol. The lowest BCUT2D eigenvalue weighted by atomic mass is 9.73. The lowest BCUT2D eigenvalue weighted by molar-refractivity contribution is -0.142. The van der Waals surface area contributed by atoms with Crippen LogP contribution in [0.25, 0.3) is 0 Å². The molecule has 1 saturated heterocycles. The third kappa shape index (κ3) is 5.25. The van der Waals surface area contributed by atoms with E-state index >= 15 is 0 Å². The molecule has 4 nitrogen and oxygen atoms in total. The van der Waals surface area contributed by atoms with Crippen LogP contribution >= 0.6 is 11.6 Å². The zero-order valence-electron chi connectivity index (χ0n) is 18.5. The SMILES string of the molecule is CC[C@@H]1CN(C(=O)OC(C)(C)C)[C@@H](C)CN1C(c1ccc(Cl)cc1)C1CC(F)(F)C1. The van der Waals surface area contributed by atoms with Gasteiger partial charge in [0.2, 0.25) is 5.92 Å². The number of amides is 1. The second-order valence-corrected chi connectivity index (χ2v) is 10.2. The van der Waals surface area contributed by atoms with Gasteiger partial charge < -0.3 is 9.64 Å². The van der Waals surface area contributed by atoms with Crippen LogP contribution in [0.4, 0.5) is 13.6 Å². The summed E-state index contributed by atoms with van der Waals surface area (Å²) in [4.78, 5) is 16.8. The van der Waals surface area contributed by atoms with Gasteiger partial charge in [0.15, 0.2) is 0 Å². The molecular formula is C23H33ClF2N2O2. The van der Waals surface area contributed by atoms with E-state index in [0.717, 1.165) is 12.0 Å². The number of rotatable bonds is 4. The number of alkyl halides is 2. The number of halogens is 3. The molecule has 1 heterocycles. The van der Waals surface area contributed by atoms with Crippen LogP contribution in [0.1, 0.15) is 65.5 Å². The van der Waals surface area contributed by atoms with Crippen molar-refractivity contribution in [1.29, 1.82) is 0 Å². The summed E-state index contributed by atoms with van der Waals surface area (Å²) in [5, 5.41) is 0.631. The molecule has 0 radical (unpaired) electrons. The fraction of sp³-hybridized carbons (Fsp3) is 0.696. The Kier molecular flexibility index (Phi) is 6.68. The molecule has 2 aliphatic rings. The van der Waals surface area contributed by atoms with E-state index in [1.807, 2.05) is 52.0 Å². The normalized spacial score (nSPS) is 26.2. The number of benzene rings is 1. The maximum absolute atomic E-state index is 13.8.